The van der Waals surface area contributed by atoms with Crippen molar-refractivity contribution in [1.29, 1.82) is 0 Å². The van der Waals surface area contributed by atoms with Crippen LogP contribution < -0.4 is 5.73 Å². The van der Waals surface area contributed by atoms with Gasteiger partial charge in [-0.2, -0.15) is 4.98 Å². The van der Waals surface area contributed by atoms with Crippen molar-refractivity contribution >= 4 is 23.5 Å². The van der Waals surface area contributed by atoms with E-state index in [9.17, 15) is 14.7 Å². The number of anilines is 1. The Labute approximate surface area is 123 Å². The van der Waals surface area contributed by atoms with Gasteiger partial charge in [-0.05, 0) is 23.8 Å². The van der Waals surface area contributed by atoms with Crippen LogP contribution in [0, 0.1) is 0 Å². The summed E-state index contributed by atoms with van der Waals surface area (Å²) in [5.74, 6) is -2.21. The Bertz CT molecular complexity index is 899. The molecule has 0 saturated carbocycles. The molecule has 3 aromatic rings. The first-order valence-corrected chi connectivity index (χ1v) is 6.18. The van der Waals surface area contributed by atoms with E-state index in [1.54, 1.807) is 18.3 Å². The summed E-state index contributed by atoms with van der Waals surface area (Å²) >= 11 is 0. The van der Waals surface area contributed by atoms with Gasteiger partial charge in [-0.3, -0.25) is 0 Å². The molecule has 2 heterocycles. The number of carboxylic acid groups (broad SMARTS) is 2. The number of pyridine rings is 1. The molecule has 0 bridgehead atoms. The molecule has 0 aliphatic carbocycles. The Morgan fingerprint density at radius 1 is 1.05 bits per heavy atom. The Kier molecular flexibility index (Phi) is 2.99. The van der Waals surface area contributed by atoms with Gasteiger partial charge in [0.2, 0.25) is 5.95 Å². The molecule has 0 saturated heterocycles. The molecule has 22 heavy (non-hydrogen) atoms. The predicted molar refractivity (Wildman–Crippen MR) is 76.8 cm³/mol. The lowest BCUT2D eigenvalue weighted by Crippen LogP contribution is -2.02. The number of nitrogens with zero attached hydrogens (tertiary/aromatic N) is 3. The minimum atomic E-state index is -1.15. The van der Waals surface area contributed by atoms with Gasteiger partial charge in [-0.1, -0.05) is 12.1 Å². The van der Waals surface area contributed by atoms with Crippen molar-refractivity contribution in [3.05, 3.63) is 47.7 Å². The molecule has 8 nitrogen and oxygen atoms in total. The fourth-order valence-electron chi connectivity index (χ4n) is 2.12. The second-order valence-electron chi connectivity index (χ2n) is 4.57. The molecule has 4 N–H and O–H groups in total. The van der Waals surface area contributed by atoms with Crippen molar-refractivity contribution in [2.75, 3.05) is 5.73 Å². The number of aromatic nitrogens is 3. The van der Waals surface area contributed by atoms with Gasteiger partial charge in [0.25, 0.3) is 0 Å². The third kappa shape index (κ3) is 2.22. The Balaban J connectivity index is 2.18. The quantitative estimate of drug-likeness (QED) is 0.665. The first-order valence-electron chi connectivity index (χ1n) is 6.18. The van der Waals surface area contributed by atoms with Gasteiger partial charge in [-0.15, -0.1) is 5.10 Å². The summed E-state index contributed by atoms with van der Waals surface area (Å²) in [6.07, 6.45) is 1.58. The maximum absolute atomic E-state index is 11.4. The van der Waals surface area contributed by atoms with Crippen LogP contribution >= 0.6 is 0 Å². The van der Waals surface area contributed by atoms with E-state index in [0.717, 1.165) is 0 Å². The molecular formula is C14H10N4O4. The third-order valence-electron chi connectivity index (χ3n) is 3.15. The maximum Gasteiger partial charge on any atom is 0.339 e. The van der Waals surface area contributed by atoms with Crippen molar-refractivity contribution in [2.45, 2.75) is 0 Å². The fourth-order valence-corrected chi connectivity index (χ4v) is 2.12. The number of carboxylic acids is 2. The monoisotopic (exact) mass is 298 g/mol. The van der Waals surface area contributed by atoms with E-state index in [-0.39, 0.29) is 22.7 Å². The van der Waals surface area contributed by atoms with E-state index in [2.05, 4.69) is 10.1 Å². The van der Waals surface area contributed by atoms with Crippen LogP contribution in [0.25, 0.3) is 16.8 Å². The molecule has 1 aromatic carbocycles. The van der Waals surface area contributed by atoms with Crippen molar-refractivity contribution < 1.29 is 19.8 Å². The van der Waals surface area contributed by atoms with Gasteiger partial charge in [0.05, 0.1) is 5.56 Å². The number of rotatable bonds is 3. The van der Waals surface area contributed by atoms with Gasteiger partial charge < -0.3 is 15.9 Å². The second-order valence-corrected chi connectivity index (χ2v) is 4.57. The first-order chi connectivity index (χ1) is 10.5. The van der Waals surface area contributed by atoms with E-state index in [0.29, 0.717) is 11.1 Å². The van der Waals surface area contributed by atoms with Crippen molar-refractivity contribution in [3.8, 4) is 11.1 Å². The lowest BCUT2D eigenvalue weighted by Gasteiger charge is -2.05. The highest BCUT2D eigenvalue weighted by Gasteiger charge is 2.15. The number of hydrogen-bond donors (Lipinski definition) is 3. The lowest BCUT2D eigenvalue weighted by atomic mass is 10.0. The highest BCUT2D eigenvalue weighted by molar-refractivity contribution is 5.96. The van der Waals surface area contributed by atoms with Crippen LogP contribution in [-0.2, 0) is 0 Å². The Morgan fingerprint density at radius 2 is 1.73 bits per heavy atom. The molecule has 0 amide bonds. The summed E-state index contributed by atoms with van der Waals surface area (Å²) in [6, 6.07) is 7.52. The molecule has 0 aliphatic rings. The highest BCUT2D eigenvalue weighted by Crippen LogP contribution is 2.23. The number of hydrogen-bond acceptors (Lipinski definition) is 5. The molecule has 2 aromatic heterocycles. The minimum absolute atomic E-state index is 0.0270. The highest BCUT2D eigenvalue weighted by atomic mass is 16.4. The van der Waals surface area contributed by atoms with Crippen LogP contribution in [0.2, 0.25) is 0 Å². The number of fused-ring (bicyclic) bond motifs is 1. The summed E-state index contributed by atoms with van der Waals surface area (Å²) in [5, 5.41) is 22.1. The second kappa shape index (κ2) is 4.85. The van der Waals surface area contributed by atoms with Crippen LogP contribution in [0.15, 0.2) is 36.5 Å². The smallest absolute Gasteiger partial charge is 0.339 e. The summed E-state index contributed by atoms with van der Waals surface area (Å²) < 4.78 is 1.29. The zero-order valence-corrected chi connectivity index (χ0v) is 11.1. The van der Waals surface area contributed by atoms with Crippen molar-refractivity contribution in [2.24, 2.45) is 0 Å². The zero-order valence-electron chi connectivity index (χ0n) is 11.1. The average molecular weight is 298 g/mol. The molecule has 8 heteroatoms. The normalized spacial score (nSPS) is 10.7. The molecular weight excluding hydrogens is 288 g/mol. The predicted octanol–water partition coefficient (Wildman–Crippen LogP) is 1.37. The number of nitrogens with two attached hydrogens (primary N) is 1. The Morgan fingerprint density at radius 3 is 2.32 bits per heavy atom. The molecule has 0 spiro atoms. The molecule has 3 rings (SSSR count). The van der Waals surface area contributed by atoms with Crippen LogP contribution in [0.5, 0.6) is 0 Å². The Hall–Kier alpha value is -3.42. The number of nitrogen functional groups attached to an aromatic ring is 1. The zero-order chi connectivity index (χ0) is 15.9. The van der Waals surface area contributed by atoms with E-state index >= 15 is 0 Å². The largest absolute Gasteiger partial charge is 0.478 e. The SMILES string of the molecule is Nc1nc2c(C(=O)O)cc(-c3ccc(C(=O)O)cc3)cn2n1. The van der Waals surface area contributed by atoms with Crippen LogP contribution in [0.3, 0.4) is 0 Å². The molecule has 0 radical (unpaired) electrons. The topological polar surface area (TPSA) is 131 Å². The first kappa shape index (κ1) is 13.6. The number of benzene rings is 1. The number of carbonyl (C=O) groups is 2. The van der Waals surface area contributed by atoms with Crippen LogP contribution in [0.1, 0.15) is 20.7 Å². The van der Waals surface area contributed by atoms with Gasteiger partial charge >= 0.3 is 11.9 Å². The summed E-state index contributed by atoms with van der Waals surface area (Å²) in [7, 11) is 0. The molecule has 0 atom stereocenters. The average Bonchev–Trinajstić information content (AvgIpc) is 2.86. The van der Waals surface area contributed by atoms with Gasteiger partial charge in [0.1, 0.15) is 5.56 Å². The van der Waals surface area contributed by atoms with Gasteiger partial charge in [-0.25, -0.2) is 14.1 Å². The summed E-state index contributed by atoms with van der Waals surface area (Å²) in [6.45, 7) is 0. The van der Waals surface area contributed by atoms with E-state index in [1.807, 2.05) is 0 Å². The van der Waals surface area contributed by atoms with Gasteiger partial charge in [0, 0.05) is 11.8 Å². The fraction of sp³-hybridized carbons (Fsp3) is 0. The van der Waals surface area contributed by atoms with E-state index in [1.165, 1.54) is 22.7 Å². The van der Waals surface area contributed by atoms with Crippen LogP contribution in [0.4, 0.5) is 5.95 Å². The standard InChI is InChI=1S/C14H10N4O4/c15-14-16-11-10(13(21)22)5-9(6-18(11)17-14)7-1-3-8(4-2-7)12(19)20/h1-6H,(H2,15,17)(H,19,20)(H,21,22). The lowest BCUT2D eigenvalue weighted by molar-refractivity contribution is 0.0687. The van der Waals surface area contributed by atoms with Crippen molar-refractivity contribution in [1.82, 2.24) is 14.6 Å². The van der Waals surface area contributed by atoms with E-state index in [4.69, 9.17) is 10.8 Å². The van der Waals surface area contributed by atoms with Crippen molar-refractivity contribution in [3.63, 3.8) is 0 Å². The maximum atomic E-state index is 11.4. The minimum Gasteiger partial charge on any atom is -0.478 e. The molecule has 0 fully saturated rings. The molecule has 0 unspecified atom stereocenters. The van der Waals surface area contributed by atoms with E-state index < -0.39 is 11.9 Å². The molecule has 110 valence electrons. The summed E-state index contributed by atoms with van der Waals surface area (Å²) in [4.78, 5) is 26.1. The van der Waals surface area contributed by atoms with Crippen LogP contribution in [-0.4, -0.2) is 36.7 Å². The third-order valence-corrected chi connectivity index (χ3v) is 3.15. The number of aromatic carboxylic acids is 2. The van der Waals surface area contributed by atoms with Gasteiger partial charge in [0.15, 0.2) is 5.65 Å². The molecule has 0 aliphatic heterocycles. The summed E-state index contributed by atoms with van der Waals surface area (Å²) in [5.41, 5.74) is 6.98.